The molecule has 0 aliphatic heterocycles. The Bertz CT molecular complexity index is 603. The monoisotopic (exact) mass is 305 g/mol. The summed E-state index contributed by atoms with van der Waals surface area (Å²) >= 11 is 0. The molecule has 22 heavy (non-hydrogen) atoms. The van der Waals surface area contributed by atoms with E-state index in [0.29, 0.717) is 23.9 Å². The molecule has 2 rings (SSSR count). The number of ether oxygens (including phenoxy) is 3. The van der Waals surface area contributed by atoms with Crippen molar-refractivity contribution in [1.82, 2.24) is 6.15 Å². The average Bonchev–Trinajstić information content (AvgIpc) is 2.52. The molecule has 0 heterocycles. The van der Waals surface area contributed by atoms with Crippen LogP contribution in [0.25, 0.3) is 0 Å². The Morgan fingerprint density at radius 2 is 1.59 bits per heavy atom. The molecule has 0 spiro atoms. The minimum Gasteiger partial charge on any atom is -0.493 e. The standard InChI is InChI=1S/C16H16O5.H3N/c1-19-13-8-12(16(17)18)9-14(20-2)15(13)21-10-11-6-4-3-5-7-11;/h3-9H,10H2,1-2H3,(H,17,18);1H3. The normalized spacial score (nSPS) is 9.55. The van der Waals surface area contributed by atoms with Crippen LogP contribution in [-0.4, -0.2) is 25.3 Å². The first-order valence-electron chi connectivity index (χ1n) is 6.31. The molecule has 0 aromatic heterocycles. The zero-order valence-electron chi connectivity index (χ0n) is 12.5. The highest BCUT2D eigenvalue weighted by Gasteiger charge is 2.17. The first-order valence-corrected chi connectivity index (χ1v) is 6.31. The van der Waals surface area contributed by atoms with Crippen LogP contribution in [-0.2, 0) is 6.61 Å². The van der Waals surface area contributed by atoms with E-state index in [1.54, 1.807) is 0 Å². The van der Waals surface area contributed by atoms with Gasteiger partial charge in [0.05, 0.1) is 19.8 Å². The maximum atomic E-state index is 11.1. The van der Waals surface area contributed by atoms with Crippen molar-refractivity contribution in [2.75, 3.05) is 14.2 Å². The van der Waals surface area contributed by atoms with Gasteiger partial charge < -0.3 is 25.5 Å². The molecule has 0 saturated heterocycles. The Labute approximate surface area is 128 Å². The number of carboxylic acids is 1. The van der Waals surface area contributed by atoms with Gasteiger partial charge in [-0.25, -0.2) is 4.79 Å². The van der Waals surface area contributed by atoms with Crippen LogP contribution in [0.4, 0.5) is 0 Å². The molecule has 0 unspecified atom stereocenters. The van der Waals surface area contributed by atoms with E-state index in [2.05, 4.69) is 0 Å². The molecule has 0 aliphatic rings. The summed E-state index contributed by atoms with van der Waals surface area (Å²) in [6, 6.07) is 12.4. The van der Waals surface area contributed by atoms with Crippen LogP contribution in [0.5, 0.6) is 17.2 Å². The number of carbonyl (C=O) groups is 1. The number of carboxylic acid groups (broad SMARTS) is 1. The molecule has 0 atom stereocenters. The van der Waals surface area contributed by atoms with E-state index in [1.807, 2.05) is 30.3 Å². The minimum absolute atomic E-state index is 0. The van der Waals surface area contributed by atoms with Crippen molar-refractivity contribution in [3.05, 3.63) is 53.6 Å². The predicted molar refractivity (Wildman–Crippen MR) is 82.3 cm³/mol. The van der Waals surface area contributed by atoms with Crippen molar-refractivity contribution in [2.45, 2.75) is 6.61 Å². The second kappa shape index (κ2) is 7.90. The Morgan fingerprint density at radius 1 is 1.05 bits per heavy atom. The second-order valence-electron chi connectivity index (χ2n) is 4.29. The summed E-state index contributed by atoms with van der Waals surface area (Å²) in [5, 5.41) is 9.07. The zero-order valence-corrected chi connectivity index (χ0v) is 12.5. The fraction of sp³-hybridized carbons (Fsp3) is 0.188. The van der Waals surface area contributed by atoms with E-state index < -0.39 is 5.97 Å². The van der Waals surface area contributed by atoms with Gasteiger partial charge in [-0.1, -0.05) is 30.3 Å². The zero-order chi connectivity index (χ0) is 15.2. The summed E-state index contributed by atoms with van der Waals surface area (Å²) in [4.78, 5) is 11.1. The lowest BCUT2D eigenvalue weighted by atomic mass is 10.2. The third kappa shape index (κ3) is 3.89. The number of hydrogen-bond acceptors (Lipinski definition) is 5. The molecule has 0 bridgehead atoms. The van der Waals surface area contributed by atoms with Crippen LogP contribution in [0.15, 0.2) is 42.5 Å². The van der Waals surface area contributed by atoms with E-state index in [4.69, 9.17) is 19.3 Å². The Morgan fingerprint density at radius 3 is 2.05 bits per heavy atom. The van der Waals surface area contributed by atoms with Gasteiger partial charge in [-0.15, -0.1) is 0 Å². The summed E-state index contributed by atoms with van der Waals surface area (Å²) in [7, 11) is 2.91. The van der Waals surface area contributed by atoms with E-state index in [0.717, 1.165) is 5.56 Å². The Kier molecular flexibility index (Phi) is 6.22. The summed E-state index contributed by atoms with van der Waals surface area (Å²) in [6.45, 7) is 0.333. The largest absolute Gasteiger partial charge is 0.493 e. The van der Waals surface area contributed by atoms with Crippen LogP contribution in [0.3, 0.4) is 0 Å². The van der Waals surface area contributed by atoms with Crippen molar-refractivity contribution in [1.29, 1.82) is 0 Å². The molecular formula is C16H19NO5. The number of hydrogen-bond donors (Lipinski definition) is 2. The molecule has 2 aromatic carbocycles. The first-order chi connectivity index (χ1) is 10.2. The highest BCUT2D eigenvalue weighted by atomic mass is 16.5. The lowest BCUT2D eigenvalue weighted by molar-refractivity contribution is 0.0696. The lowest BCUT2D eigenvalue weighted by Crippen LogP contribution is -2.03. The van der Waals surface area contributed by atoms with Crippen LogP contribution < -0.4 is 20.4 Å². The van der Waals surface area contributed by atoms with Gasteiger partial charge in [0.1, 0.15) is 6.61 Å². The number of aromatic carboxylic acids is 1. The number of methoxy groups -OCH3 is 2. The van der Waals surface area contributed by atoms with Crippen molar-refractivity contribution in [2.24, 2.45) is 0 Å². The van der Waals surface area contributed by atoms with Gasteiger partial charge in [-0.05, 0) is 17.7 Å². The topological polar surface area (TPSA) is 100.0 Å². The summed E-state index contributed by atoms with van der Waals surface area (Å²) < 4.78 is 16.1. The van der Waals surface area contributed by atoms with Crippen molar-refractivity contribution >= 4 is 5.97 Å². The first kappa shape index (κ1) is 17.3. The van der Waals surface area contributed by atoms with Crippen molar-refractivity contribution < 1.29 is 24.1 Å². The van der Waals surface area contributed by atoms with E-state index in [9.17, 15) is 4.79 Å². The van der Waals surface area contributed by atoms with Gasteiger partial charge in [-0.2, -0.15) is 0 Å². The van der Waals surface area contributed by atoms with E-state index in [1.165, 1.54) is 26.4 Å². The maximum absolute atomic E-state index is 11.1. The smallest absolute Gasteiger partial charge is 0.335 e. The molecule has 0 fully saturated rings. The van der Waals surface area contributed by atoms with Gasteiger partial charge >= 0.3 is 5.97 Å². The van der Waals surface area contributed by atoms with Gasteiger partial charge in [0.25, 0.3) is 0 Å². The minimum atomic E-state index is -1.05. The highest BCUT2D eigenvalue weighted by Crippen LogP contribution is 2.39. The predicted octanol–water partition coefficient (Wildman–Crippen LogP) is 3.14. The molecule has 6 nitrogen and oxygen atoms in total. The number of rotatable bonds is 6. The average molecular weight is 305 g/mol. The van der Waals surface area contributed by atoms with Crippen LogP contribution >= 0.6 is 0 Å². The van der Waals surface area contributed by atoms with Gasteiger partial charge in [0, 0.05) is 0 Å². The van der Waals surface area contributed by atoms with Crippen LogP contribution in [0.1, 0.15) is 15.9 Å². The SMILES string of the molecule is COc1cc(C(=O)O)cc(OC)c1OCc1ccccc1.N. The van der Waals surface area contributed by atoms with Crippen LogP contribution in [0.2, 0.25) is 0 Å². The fourth-order valence-corrected chi connectivity index (χ4v) is 1.88. The van der Waals surface area contributed by atoms with E-state index in [-0.39, 0.29) is 11.7 Å². The summed E-state index contributed by atoms with van der Waals surface area (Å²) in [5.74, 6) is -0.0274. The molecule has 6 heteroatoms. The Balaban J connectivity index is 0.00000242. The number of benzene rings is 2. The fourth-order valence-electron chi connectivity index (χ4n) is 1.88. The third-order valence-corrected chi connectivity index (χ3v) is 2.93. The Hall–Kier alpha value is -2.73. The van der Waals surface area contributed by atoms with Gasteiger partial charge in [0.2, 0.25) is 5.75 Å². The summed E-state index contributed by atoms with van der Waals surface area (Å²) in [5.41, 5.74) is 1.07. The molecule has 0 amide bonds. The van der Waals surface area contributed by atoms with E-state index >= 15 is 0 Å². The lowest BCUT2D eigenvalue weighted by Gasteiger charge is -2.15. The van der Waals surface area contributed by atoms with Crippen LogP contribution in [0, 0.1) is 0 Å². The molecule has 2 aromatic rings. The van der Waals surface area contributed by atoms with Gasteiger partial charge in [0.15, 0.2) is 11.5 Å². The molecule has 118 valence electrons. The maximum Gasteiger partial charge on any atom is 0.335 e. The van der Waals surface area contributed by atoms with Crippen molar-refractivity contribution in [3.63, 3.8) is 0 Å². The molecule has 0 radical (unpaired) electrons. The molecule has 0 aliphatic carbocycles. The van der Waals surface area contributed by atoms with Gasteiger partial charge in [-0.3, -0.25) is 0 Å². The molecular weight excluding hydrogens is 286 g/mol. The highest BCUT2D eigenvalue weighted by molar-refractivity contribution is 5.89. The molecule has 4 N–H and O–H groups in total. The third-order valence-electron chi connectivity index (χ3n) is 2.93. The second-order valence-corrected chi connectivity index (χ2v) is 4.29. The van der Waals surface area contributed by atoms with Crippen molar-refractivity contribution in [3.8, 4) is 17.2 Å². The molecule has 0 saturated carbocycles. The quantitative estimate of drug-likeness (QED) is 0.850. The summed E-state index contributed by atoms with van der Waals surface area (Å²) in [6.07, 6.45) is 0.